The van der Waals surface area contributed by atoms with Crippen LogP contribution in [0.2, 0.25) is 0 Å². The van der Waals surface area contributed by atoms with E-state index in [9.17, 15) is 15.0 Å². The fourth-order valence-corrected chi connectivity index (χ4v) is 2.05. The SMILES string of the molecule is CC1(CNC(=O)c2cc(O)ccc2O)CCC1. The molecule has 0 atom stereocenters. The van der Waals surface area contributed by atoms with Gasteiger partial charge in [0.2, 0.25) is 0 Å². The molecule has 1 fully saturated rings. The lowest BCUT2D eigenvalue weighted by molar-refractivity contribution is 0.0888. The van der Waals surface area contributed by atoms with Crippen LogP contribution >= 0.6 is 0 Å². The Hall–Kier alpha value is -1.71. The summed E-state index contributed by atoms with van der Waals surface area (Å²) in [5, 5.41) is 21.6. The fraction of sp³-hybridized carbons (Fsp3) is 0.462. The van der Waals surface area contributed by atoms with Gasteiger partial charge in [-0.2, -0.15) is 0 Å². The molecule has 0 unspecified atom stereocenters. The summed E-state index contributed by atoms with van der Waals surface area (Å²) in [6, 6.07) is 3.93. The van der Waals surface area contributed by atoms with Crippen LogP contribution in [0.15, 0.2) is 18.2 Å². The zero-order chi connectivity index (χ0) is 12.5. The third-order valence-corrected chi connectivity index (χ3v) is 3.46. The molecule has 3 N–H and O–H groups in total. The van der Waals surface area contributed by atoms with Gasteiger partial charge < -0.3 is 15.5 Å². The van der Waals surface area contributed by atoms with Crippen molar-refractivity contribution in [1.82, 2.24) is 5.32 Å². The maximum atomic E-state index is 11.8. The third-order valence-electron chi connectivity index (χ3n) is 3.46. The van der Waals surface area contributed by atoms with Gasteiger partial charge in [0.05, 0.1) is 5.56 Å². The summed E-state index contributed by atoms with van der Waals surface area (Å²) >= 11 is 0. The highest BCUT2D eigenvalue weighted by molar-refractivity contribution is 5.97. The summed E-state index contributed by atoms with van der Waals surface area (Å²) in [4.78, 5) is 11.8. The van der Waals surface area contributed by atoms with Crippen LogP contribution in [0, 0.1) is 5.41 Å². The van der Waals surface area contributed by atoms with Gasteiger partial charge in [-0.1, -0.05) is 13.3 Å². The summed E-state index contributed by atoms with van der Waals surface area (Å²) in [7, 11) is 0. The summed E-state index contributed by atoms with van der Waals surface area (Å²) in [6.07, 6.45) is 3.46. The van der Waals surface area contributed by atoms with E-state index in [2.05, 4.69) is 12.2 Å². The molecule has 4 nitrogen and oxygen atoms in total. The van der Waals surface area contributed by atoms with Crippen molar-refractivity contribution in [3.63, 3.8) is 0 Å². The first-order chi connectivity index (χ1) is 8.00. The molecule has 0 radical (unpaired) electrons. The normalized spacial score (nSPS) is 17.2. The van der Waals surface area contributed by atoms with E-state index in [-0.39, 0.29) is 28.4 Å². The highest BCUT2D eigenvalue weighted by Gasteiger charge is 2.32. The van der Waals surface area contributed by atoms with Crippen LogP contribution in [0.4, 0.5) is 0 Å². The molecule has 0 aliphatic heterocycles. The third kappa shape index (κ3) is 2.52. The minimum atomic E-state index is -0.341. The Kier molecular flexibility index (Phi) is 2.96. The van der Waals surface area contributed by atoms with E-state index >= 15 is 0 Å². The molecule has 0 aromatic heterocycles. The molecule has 1 aromatic carbocycles. The number of hydrogen-bond acceptors (Lipinski definition) is 3. The fourth-order valence-electron chi connectivity index (χ4n) is 2.05. The van der Waals surface area contributed by atoms with E-state index < -0.39 is 0 Å². The number of carbonyl (C=O) groups excluding carboxylic acids is 1. The molecule has 1 aliphatic rings. The predicted molar refractivity (Wildman–Crippen MR) is 64.1 cm³/mol. The van der Waals surface area contributed by atoms with Gasteiger partial charge in [-0.15, -0.1) is 0 Å². The maximum absolute atomic E-state index is 11.8. The van der Waals surface area contributed by atoms with Gasteiger partial charge in [0.1, 0.15) is 11.5 Å². The zero-order valence-electron chi connectivity index (χ0n) is 9.86. The van der Waals surface area contributed by atoms with Crippen molar-refractivity contribution in [2.75, 3.05) is 6.54 Å². The molecular weight excluding hydrogens is 218 g/mol. The lowest BCUT2D eigenvalue weighted by atomic mass is 9.70. The highest BCUT2D eigenvalue weighted by Crippen LogP contribution is 2.39. The van der Waals surface area contributed by atoms with Crippen molar-refractivity contribution in [2.24, 2.45) is 5.41 Å². The number of rotatable bonds is 3. The first-order valence-electron chi connectivity index (χ1n) is 5.80. The molecule has 4 heteroatoms. The molecule has 0 spiro atoms. The molecule has 92 valence electrons. The molecule has 0 heterocycles. The largest absolute Gasteiger partial charge is 0.508 e. The van der Waals surface area contributed by atoms with Crippen molar-refractivity contribution < 1.29 is 15.0 Å². The number of nitrogens with one attached hydrogen (secondary N) is 1. The Labute approximate surface area is 100 Å². The van der Waals surface area contributed by atoms with Crippen LogP contribution < -0.4 is 5.32 Å². The smallest absolute Gasteiger partial charge is 0.255 e. The average Bonchev–Trinajstić information content (AvgIpc) is 2.26. The second kappa shape index (κ2) is 4.28. The van der Waals surface area contributed by atoms with Gasteiger partial charge in [0.15, 0.2) is 0 Å². The number of aromatic hydroxyl groups is 2. The number of hydrogen-bond donors (Lipinski definition) is 3. The molecule has 1 amide bonds. The minimum absolute atomic E-state index is 0.0252. The van der Waals surface area contributed by atoms with E-state index in [1.54, 1.807) is 0 Å². The van der Waals surface area contributed by atoms with Crippen LogP contribution in [0.5, 0.6) is 11.5 Å². The number of carbonyl (C=O) groups is 1. The van der Waals surface area contributed by atoms with E-state index in [0.717, 1.165) is 12.8 Å². The van der Waals surface area contributed by atoms with Crippen LogP contribution in [-0.4, -0.2) is 22.7 Å². The van der Waals surface area contributed by atoms with Gasteiger partial charge in [-0.3, -0.25) is 4.79 Å². The molecule has 1 aromatic rings. The molecule has 0 saturated heterocycles. The standard InChI is InChI=1S/C13H17NO3/c1-13(5-2-6-13)8-14-12(17)10-7-9(15)3-4-11(10)16/h3-4,7,15-16H,2,5-6,8H2,1H3,(H,14,17). The van der Waals surface area contributed by atoms with E-state index in [1.807, 2.05) is 0 Å². The van der Waals surface area contributed by atoms with Crippen LogP contribution in [0.3, 0.4) is 0 Å². The van der Waals surface area contributed by atoms with E-state index in [1.165, 1.54) is 24.6 Å². The molecule has 2 rings (SSSR count). The van der Waals surface area contributed by atoms with Crippen molar-refractivity contribution in [1.29, 1.82) is 0 Å². The van der Waals surface area contributed by atoms with Crippen molar-refractivity contribution in [2.45, 2.75) is 26.2 Å². The number of amides is 1. The lowest BCUT2D eigenvalue weighted by Gasteiger charge is -2.38. The Balaban J connectivity index is 2.01. The Bertz CT molecular complexity index is 438. The number of phenols is 2. The van der Waals surface area contributed by atoms with Gasteiger partial charge in [-0.05, 0) is 36.5 Å². The van der Waals surface area contributed by atoms with Gasteiger partial charge in [0.25, 0.3) is 5.91 Å². The zero-order valence-corrected chi connectivity index (χ0v) is 9.86. The summed E-state index contributed by atoms with van der Waals surface area (Å²) < 4.78 is 0. The van der Waals surface area contributed by atoms with Crippen molar-refractivity contribution >= 4 is 5.91 Å². The first-order valence-corrected chi connectivity index (χ1v) is 5.80. The lowest BCUT2D eigenvalue weighted by Crippen LogP contribution is -2.39. The van der Waals surface area contributed by atoms with Gasteiger partial charge in [0, 0.05) is 6.54 Å². The monoisotopic (exact) mass is 235 g/mol. The summed E-state index contributed by atoms with van der Waals surface area (Å²) in [5.41, 5.74) is 0.315. The number of benzene rings is 1. The molecule has 0 bridgehead atoms. The minimum Gasteiger partial charge on any atom is -0.508 e. The van der Waals surface area contributed by atoms with E-state index in [0.29, 0.717) is 6.54 Å². The molecule has 1 aliphatic carbocycles. The van der Waals surface area contributed by atoms with Crippen LogP contribution in [0.1, 0.15) is 36.5 Å². The topological polar surface area (TPSA) is 69.6 Å². The Morgan fingerprint density at radius 3 is 2.71 bits per heavy atom. The quantitative estimate of drug-likeness (QED) is 0.702. The second-order valence-corrected chi connectivity index (χ2v) is 5.05. The van der Waals surface area contributed by atoms with Crippen LogP contribution in [-0.2, 0) is 0 Å². The molecule has 1 saturated carbocycles. The van der Waals surface area contributed by atoms with E-state index in [4.69, 9.17) is 0 Å². The molecule has 17 heavy (non-hydrogen) atoms. The Morgan fingerprint density at radius 2 is 2.12 bits per heavy atom. The first kappa shape index (κ1) is 11.8. The maximum Gasteiger partial charge on any atom is 0.255 e. The Morgan fingerprint density at radius 1 is 1.41 bits per heavy atom. The van der Waals surface area contributed by atoms with Crippen LogP contribution in [0.25, 0.3) is 0 Å². The van der Waals surface area contributed by atoms with Gasteiger partial charge >= 0.3 is 0 Å². The van der Waals surface area contributed by atoms with Gasteiger partial charge in [-0.25, -0.2) is 0 Å². The highest BCUT2D eigenvalue weighted by atomic mass is 16.3. The van der Waals surface area contributed by atoms with Crippen molar-refractivity contribution in [3.05, 3.63) is 23.8 Å². The summed E-state index contributed by atoms with van der Waals surface area (Å²) in [6.45, 7) is 2.75. The number of phenolic OH excluding ortho intramolecular Hbond substituents is 2. The summed E-state index contributed by atoms with van der Waals surface area (Å²) in [5.74, 6) is -0.478. The average molecular weight is 235 g/mol. The second-order valence-electron chi connectivity index (χ2n) is 5.05. The predicted octanol–water partition coefficient (Wildman–Crippen LogP) is 2.02. The van der Waals surface area contributed by atoms with Crippen molar-refractivity contribution in [3.8, 4) is 11.5 Å². The molecular formula is C13H17NO3.